The van der Waals surface area contributed by atoms with Gasteiger partial charge in [0.25, 0.3) is 0 Å². The van der Waals surface area contributed by atoms with Gasteiger partial charge < -0.3 is 9.64 Å². The number of hydrogen-bond acceptors (Lipinski definition) is 4. The standard InChI is InChI=1S/C20H25FN2O3S/c1-22(2)18-8-5-11-23(14-18)27(24,25)20-13-16(9-10-19(20)26-3)15-6-4-7-17(21)12-15/h4,6-7,9-10,12-13,18H,5,8,11,14H2,1-3H3. The van der Waals surface area contributed by atoms with Crippen molar-refractivity contribution in [3.63, 3.8) is 0 Å². The van der Waals surface area contributed by atoms with Crippen LogP contribution in [-0.4, -0.2) is 58.0 Å². The van der Waals surface area contributed by atoms with Crippen molar-refractivity contribution in [2.45, 2.75) is 23.8 Å². The maximum absolute atomic E-state index is 13.6. The van der Waals surface area contributed by atoms with Crippen LogP contribution in [0.4, 0.5) is 4.39 Å². The van der Waals surface area contributed by atoms with E-state index < -0.39 is 10.0 Å². The van der Waals surface area contributed by atoms with Crippen molar-refractivity contribution in [3.05, 3.63) is 48.3 Å². The third-order valence-electron chi connectivity index (χ3n) is 5.03. The summed E-state index contributed by atoms with van der Waals surface area (Å²) in [4.78, 5) is 2.17. The normalized spacial score (nSPS) is 18.6. The second kappa shape index (κ2) is 7.96. The first-order valence-corrected chi connectivity index (χ1v) is 10.4. The van der Waals surface area contributed by atoms with Gasteiger partial charge in [0.2, 0.25) is 10.0 Å². The van der Waals surface area contributed by atoms with Crippen LogP contribution in [0, 0.1) is 5.82 Å². The molecule has 1 heterocycles. The molecule has 1 aliphatic heterocycles. The molecule has 0 N–H and O–H groups in total. The molecular weight excluding hydrogens is 367 g/mol. The van der Waals surface area contributed by atoms with Crippen LogP contribution in [0.25, 0.3) is 11.1 Å². The lowest BCUT2D eigenvalue weighted by Gasteiger charge is -2.35. The zero-order chi connectivity index (χ0) is 19.6. The maximum atomic E-state index is 13.6. The number of piperidine rings is 1. The lowest BCUT2D eigenvalue weighted by Crippen LogP contribution is -2.47. The average molecular weight is 392 g/mol. The Hall–Kier alpha value is -1.96. The topological polar surface area (TPSA) is 49.9 Å². The highest BCUT2D eigenvalue weighted by Crippen LogP contribution is 2.33. The highest BCUT2D eigenvalue weighted by atomic mass is 32.2. The smallest absolute Gasteiger partial charge is 0.246 e. The Morgan fingerprint density at radius 1 is 1.15 bits per heavy atom. The molecule has 0 aliphatic carbocycles. The summed E-state index contributed by atoms with van der Waals surface area (Å²) in [5, 5.41) is 0. The summed E-state index contributed by atoms with van der Waals surface area (Å²) in [6, 6.07) is 11.2. The monoisotopic (exact) mass is 392 g/mol. The summed E-state index contributed by atoms with van der Waals surface area (Å²) >= 11 is 0. The van der Waals surface area contributed by atoms with Crippen molar-refractivity contribution < 1.29 is 17.5 Å². The van der Waals surface area contributed by atoms with E-state index in [1.165, 1.54) is 23.5 Å². The molecule has 0 spiro atoms. The van der Waals surface area contributed by atoms with Gasteiger partial charge in [0.05, 0.1) is 7.11 Å². The second-order valence-electron chi connectivity index (χ2n) is 7.00. The van der Waals surface area contributed by atoms with E-state index in [0.717, 1.165) is 12.8 Å². The minimum Gasteiger partial charge on any atom is -0.495 e. The first kappa shape index (κ1) is 19.8. The third-order valence-corrected chi connectivity index (χ3v) is 6.92. The number of likely N-dealkylation sites (N-methyl/N-ethyl adjacent to an activating group) is 1. The molecule has 1 saturated heterocycles. The van der Waals surface area contributed by atoms with Gasteiger partial charge in [0, 0.05) is 19.1 Å². The maximum Gasteiger partial charge on any atom is 0.246 e. The first-order valence-electron chi connectivity index (χ1n) is 8.93. The quantitative estimate of drug-likeness (QED) is 0.784. The number of nitrogens with zero attached hydrogens (tertiary/aromatic N) is 2. The molecule has 0 amide bonds. The molecule has 2 aromatic rings. The van der Waals surface area contributed by atoms with Gasteiger partial charge >= 0.3 is 0 Å². The van der Waals surface area contributed by atoms with Crippen LogP contribution < -0.4 is 4.74 Å². The zero-order valence-corrected chi connectivity index (χ0v) is 16.7. The number of ether oxygens (including phenoxy) is 1. The molecule has 1 fully saturated rings. The van der Waals surface area contributed by atoms with Crippen LogP contribution >= 0.6 is 0 Å². The van der Waals surface area contributed by atoms with Gasteiger partial charge in [-0.25, -0.2) is 12.8 Å². The summed E-state index contributed by atoms with van der Waals surface area (Å²) in [7, 11) is 1.66. The largest absolute Gasteiger partial charge is 0.495 e. The molecule has 7 heteroatoms. The zero-order valence-electron chi connectivity index (χ0n) is 15.9. The third kappa shape index (κ3) is 4.15. The van der Waals surface area contributed by atoms with Crippen LogP contribution in [0.5, 0.6) is 5.75 Å². The van der Waals surface area contributed by atoms with Gasteiger partial charge in [-0.05, 0) is 62.3 Å². The van der Waals surface area contributed by atoms with Gasteiger partial charge in [0.1, 0.15) is 16.5 Å². The second-order valence-corrected chi connectivity index (χ2v) is 8.91. The van der Waals surface area contributed by atoms with Crippen molar-refractivity contribution in [3.8, 4) is 16.9 Å². The Labute approximate surface area is 160 Å². The number of hydrogen-bond donors (Lipinski definition) is 0. The van der Waals surface area contributed by atoms with Crippen molar-refractivity contribution >= 4 is 10.0 Å². The minimum atomic E-state index is -3.72. The average Bonchev–Trinajstić information content (AvgIpc) is 2.67. The Balaban J connectivity index is 2.02. The van der Waals surface area contributed by atoms with Crippen molar-refractivity contribution in [2.24, 2.45) is 0 Å². The molecule has 27 heavy (non-hydrogen) atoms. The predicted molar refractivity (Wildman–Crippen MR) is 104 cm³/mol. The molecule has 0 saturated carbocycles. The van der Waals surface area contributed by atoms with E-state index in [2.05, 4.69) is 4.90 Å². The fourth-order valence-corrected chi connectivity index (χ4v) is 5.12. The van der Waals surface area contributed by atoms with Crippen molar-refractivity contribution in [2.75, 3.05) is 34.3 Å². The predicted octanol–water partition coefficient (Wildman–Crippen LogP) is 3.22. The van der Waals surface area contributed by atoms with Crippen LogP contribution in [-0.2, 0) is 10.0 Å². The van der Waals surface area contributed by atoms with Crippen LogP contribution in [0.3, 0.4) is 0 Å². The van der Waals surface area contributed by atoms with Crippen LogP contribution in [0.2, 0.25) is 0 Å². The lowest BCUT2D eigenvalue weighted by atomic mass is 10.1. The van der Waals surface area contributed by atoms with Gasteiger partial charge in [-0.3, -0.25) is 0 Å². The van der Waals surface area contributed by atoms with E-state index in [4.69, 9.17) is 4.74 Å². The number of halogens is 1. The van der Waals surface area contributed by atoms with E-state index in [9.17, 15) is 12.8 Å². The first-order chi connectivity index (χ1) is 12.8. The minimum absolute atomic E-state index is 0.117. The van der Waals surface area contributed by atoms with Crippen molar-refractivity contribution in [1.82, 2.24) is 9.21 Å². The molecule has 146 valence electrons. The summed E-state index contributed by atoms with van der Waals surface area (Å²) in [6.07, 6.45) is 1.79. The fraction of sp³-hybridized carbons (Fsp3) is 0.400. The molecule has 1 unspecified atom stereocenters. The van der Waals surface area contributed by atoms with Gasteiger partial charge in [0.15, 0.2) is 0 Å². The van der Waals surface area contributed by atoms with E-state index in [1.807, 2.05) is 14.1 Å². The number of rotatable bonds is 5. The molecule has 1 aliphatic rings. The van der Waals surface area contributed by atoms with Crippen LogP contribution in [0.1, 0.15) is 12.8 Å². The Kier molecular flexibility index (Phi) is 5.83. The summed E-state index contributed by atoms with van der Waals surface area (Å²) in [5.74, 6) is -0.0697. The van der Waals surface area contributed by atoms with Gasteiger partial charge in [-0.1, -0.05) is 18.2 Å². The molecule has 1 atom stereocenters. The molecule has 0 bridgehead atoms. The Bertz CT molecular complexity index is 915. The molecule has 5 nitrogen and oxygen atoms in total. The number of methoxy groups -OCH3 is 1. The lowest BCUT2D eigenvalue weighted by molar-refractivity contribution is 0.190. The Morgan fingerprint density at radius 3 is 2.56 bits per heavy atom. The van der Waals surface area contributed by atoms with Crippen molar-refractivity contribution in [1.29, 1.82) is 0 Å². The molecule has 0 radical (unpaired) electrons. The summed E-state index contributed by atoms with van der Waals surface area (Å²) in [5.41, 5.74) is 1.26. The Morgan fingerprint density at radius 2 is 1.89 bits per heavy atom. The van der Waals surface area contributed by atoms with Gasteiger partial charge in [-0.15, -0.1) is 0 Å². The van der Waals surface area contributed by atoms with E-state index >= 15 is 0 Å². The van der Waals surface area contributed by atoms with Gasteiger partial charge in [-0.2, -0.15) is 4.31 Å². The van der Waals surface area contributed by atoms with Crippen LogP contribution in [0.15, 0.2) is 47.4 Å². The summed E-state index contributed by atoms with van der Waals surface area (Å²) < 4.78 is 47.1. The molecule has 2 aromatic carbocycles. The van der Waals surface area contributed by atoms with E-state index in [1.54, 1.807) is 30.3 Å². The highest BCUT2D eigenvalue weighted by molar-refractivity contribution is 7.89. The van der Waals surface area contributed by atoms with E-state index in [-0.39, 0.29) is 16.8 Å². The highest BCUT2D eigenvalue weighted by Gasteiger charge is 2.33. The summed E-state index contributed by atoms with van der Waals surface area (Å²) in [6.45, 7) is 0.933. The SMILES string of the molecule is COc1ccc(-c2cccc(F)c2)cc1S(=O)(=O)N1CCCC(N(C)C)C1. The van der Waals surface area contributed by atoms with E-state index in [0.29, 0.717) is 30.0 Å². The molecular formula is C20H25FN2O3S. The number of benzene rings is 2. The molecule has 3 rings (SSSR count). The number of sulfonamides is 1. The molecule has 0 aromatic heterocycles. The fourth-order valence-electron chi connectivity index (χ4n) is 3.43.